The van der Waals surface area contributed by atoms with Gasteiger partial charge in [0.1, 0.15) is 27.8 Å². The number of nitrogens with two attached hydrogens (primary N) is 4. The Morgan fingerprint density at radius 2 is 0.673 bits per heavy atom. The molecule has 0 aliphatic rings. The van der Waals surface area contributed by atoms with Crippen LogP contribution in [0.2, 0.25) is 5.15 Å². The predicted molar refractivity (Wildman–Crippen MR) is 523 cm³/mol. The number of pyridine rings is 1. The van der Waals surface area contributed by atoms with E-state index in [4.69, 9.17) is 44.0 Å². The quantitative estimate of drug-likeness (QED) is 0.0116. The summed E-state index contributed by atoms with van der Waals surface area (Å²) in [6.45, 7) is 8.09. The van der Waals surface area contributed by atoms with Crippen LogP contribution in [0.5, 0.6) is 0 Å². The van der Waals surface area contributed by atoms with Crippen LogP contribution in [-0.2, 0) is 81.7 Å². The second kappa shape index (κ2) is 50.4. The van der Waals surface area contributed by atoms with Crippen LogP contribution in [0.25, 0.3) is 99.8 Å². The van der Waals surface area contributed by atoms with Gasteiger partial charge in [-0.15, -0.1) is 0 Å². The van der Waals surface area contributed by atoms with Crippen LogP contribution in [0, 0.1) is 0 Å². The third-order valence-corrected chi connectivity index (χ3v) is 21.0. The molecule has 16 rings (SSSR count). The molecular weight excluding hydrogens is 2100 g/mol. The normalized spacial score (nSPS) is 11.3. The van der Waals surface area contributed by atoms with E-state index in [1.165, 1.54) is 63.4 Å². The van der Waals surface area contributed by atoms with E-state index in [2.05, 4.69) is 80.3 Å². The van der Waals surface area contributed by atoms with Crippen molar-refractivity contribution in [1.29, 1.82) is 0 Å². The number of amides is 1. The molecule has 0 saturated heterocycles. The lowest BCUT2D eigenvalue weighted by atomic mass is 10.0. The van der Waals surface area contributed by atoms with Gasteiger partial charge in [0.2, 0.25) is 5.69 Å². The van der Waals surface area contributed by atoms with Crippen LogP contribution in [0.15, 0.2) is 271 Å². The molecule has 10 N–H and O–H groups in total. The van der Waals surface area contributed by atoms with E-state index in [1.807, 2.05) is 0 Å². The number of nitrogens with zero attached hydrogens (tertiary/aromatic N) is 8. The highest BCUT2D eigenvalue weighted by Gasteiger charge is 2.41. The van der Waals surface area contributed by atoms with Crippen molar-refractivity contribution in [3.63, 3.8) is 0 Å². The van der Waals surface area contributed by atoms with E-state index < -0.39 is 151 Å². The fraction of sp³-hybridized carbons (Fsp3) is 0.165. The topological polar surface area (TPSA) is 418 Å². The molecule has 0 fully saturated rings. The first kappa shape index (κ1) is 115. The van der Waals surface area contributed by atoms with Gasteiger partial charge < -0.3 is 56.9 Å². The maximum Gasteiger partial charge on any atom is 0.418 e. The first-order chi connectivity index (χ1) is 70.8. The van der Waals surface area contributed by atoms with Gasteiger partial charge >= 0.3 is 72.7 Å². The molecule has 0 radical (unpaired) electrons. The number of esters is 5. The molecule has 0 aliphatic heterocycles. The minimum Gasteiger partial charge on any atom is -0.461 e. The van der Waals surface area contributed by atoms with Crippen molar-refractivity contribution in [2.75, 3.05) is 56.0 Å². The number of hydrogen-bond acceptors (Lipinski definition) is 25. The van der Waals surface area contributed by atoms with Crippen molar-refractivity contribution in [3.8, 4) is 55.6 Å². The lowest BCUT2D eigenvalue weighted by molar-refractivity contribution is -0.164. The van der Waals surface area contributed by atoms with Crippen LogP contribution >= 0.6 is 27.5 Å². The number of benzene rings is 11. The highest BCUT2D eigenvalue weighted by atomic mass is 79.9. The Labute approximate surface area is 850 Å². The Hall–Kier alpha value is -17.1. The summed E-state index contributed by atoms with van der Waals surface area (Å²) in [5.74, 6) is -7.04. The summed E-state index contributed by atoms with van der Waals surface area (Å²) in [4.78, 5) is 125. The number of ketones is 1. The van der Waals surface area contributed by atoms with Crippen molar-refractivity contribution in [1.82, 2.24) is 50.2 Å². The molecule has 5 heterocycles. The summed E-state index contributed by atoms with van der Waals surface area (Å²) >= 11 is 8.85. The number of aromatic nitrogens is 9. The molecule has 780 valence electrons. The van der Waals surface area contributed by atoms with Crippen LogP contribution in [0.4, 0.5) is 102 Å². The number of carbonyl (C=O) groups excluding carboxylic acids is 7. The minimum atomic E-state index is -4.72. The monoisotopic (exact) mass is 2180 g/mol. The van der Waals surface area contributed by atoms with E-state index in [0.717, 1.165) is 42.6 Å². The van der Waals surface area contributed by atoms with E-state index in [-0.39, 0.29) is 111 Å². The van der Waals surface area contributed by atoms with Gasteiger partial charge in [-0.05, 0) is 175 Å². The summed E-state index contributed by atoms with van der Waals surface area (Å²) in [7, 11) is 0. The van der Waals surface area contributed by atoms with E-state index in [1.54, 1.807) is 190 Å². The number of H-pyrrole nitrogens is 1. The average Bonchev–Trinajstić information content (AvgIpc) is 0.745. The van der Waals surface area contributed by atoms with Crippen molar-refractivity contribution in [2.45, 2.75) is 78.2 Å². The number of rotatable bonds is 18. The maximum absolute atomic E-state index is 13.7. The smallest absolute Gasteiger partial charge is 0.418 e. The third kappa shape index (κ3) is 30.6. The van der Waals surface area contributed by atoms with E-state index in [0.29, 0.717) is 55.8 Å². The van der Waals surface area contributed by atoms with Gasteiger partial charge in [-0.1, -0.05) is 185 Å². The Morgan fingerprint density at radius 3 is 1.07 bits per heavy atom. The SMILES string of the molecule is CCOC(=O)C(=O)C(=O)OCC.CCOC(=O)c1cnc2cc(-c3ccccc3)cc(C(F)(F)F)c2n1.CCOC(=O)c1nc2c(C(F)(F)F)cc(-c3ccccc3)cc2[nH]c1=O.CCOC(=O)c1nc2c(C(F)(F)F)cc(-c3ccccc3)cc2nc1Cl.Nc1cc(-c2ccccc2)cc(C(F)(F)F)c1N.Nc1cc(Br)cc(C(F)(F)F)c1N.O=C(NCc1ccccn1)c1cnc2cc(-c3ccccc3)cc(C(F)(F)F)c2n1. The molecule has 0 bridgehead atoms. The lowest BCUT2D eigenvalue weighted by Crippen LogP contribution is -2.27. The van der Waals surface area contributed by atoms with Gasteiger partial charge in [0, 0.05) is 10.7 Å². The molecule has 11 aromatic carbocycles. The molecule has 16 aromatic rings. The average molecular weight is 2180 g/mol. The Morgan fingerprint density at radius 1 is 0.347 bits per heavy atom. The number of halogens is 20. The van der Waals surface area contributed by atoms with Crippen molar-refractivity contribution in [2.24, 2.45) is 0 Å². The number of aromatic amines is 1. The summed E-state index contributed by atoms with van der Waals surface area (Å²) in [5.41, 5.74) is 15.7. The zero-order chi connectivity index (χ0) is 110. The van der Waals surface area contributed by atoms with Crippen LogP contribution in [-0.4, -0.2) is 119 Å². The first-order valence-electron chi connectivity index (χ1n) is 43.8. The molecule has 150 heavy (non-hydrogen) atoms. The molecule has 5 aromatic heterocycles. The number of nitrogen functional groups attached to an aromatic ring is 4. The van der Waals surface area contributed by atoms with Crippen molar-refractivity contribution < 1.29 is 136 Å². The van der Waals surface area contributed by atoms with Gasteiger partial charge in [0.15, 0.2) is 16.5 Å². The van der Waals surface area contributed by atoms with Crippen LogP contribution in [0.3, 0.4) is 0 Å². The van der Waals surface area contributed by atoms with Crippen molar-refractivity contribution >= 4 is 136 Å². The third-order valence-electron chi connectivity index (χ3n) is 20.3. The number of anilines is 4. The molecule has 0 saturated carbocycles. The molecule has 27 nitrogen and oxygen atoms in total. The summed E-state index contributed by atoms with van der Waals surface area (Å²) in [5, 5.41) is 2.28. The molecule has 1 amide bonds. The lowest BCUT2D eigenvalue weighted by Gasteiger charge is -2.14. The molecule has 0 spiro atoms. The minimum absolute atomic E-state index is 0.0307. The van der Waals surface area contributed by atoms with Gasteiger partial charge in [-0.2, -0.15) is 79.0 Å². The largest absolute Gasteiger partial charge is 0.461 e. The Balaban J connectivity index is 0.000000182. The van der Waals surface area contributed by atoms with Crippen LogP contribution < -0.4 is 33.8 Å². The number of ether oxygens (including phenoxy) is 5. The van der Waals surface area contributed by atoms with Gasteiger partial charge in [-0.3, -0.25) is 29.3 Å². The summed E-state index contributed by atoms with van der Waals surface area (Å²) in [6, 6.07) is 62.8. The molecule has 0 aliphatic carbocycles. The standard InChI is InChI=1S/C22H15F3N4O.C18H12ClF3N2O2.C18H13F3N2O3.C18H13F3N2O2.C13H11F3N2.C7H6BrF3N2.C7H10O5/c23-22(24,25)17-10-15(14-6-2-1-3-7-14)11-18-20(17)29-19(13-27-18)21(30)28-12-16-8-4-5-9-26-16;1-2-26-17(25)15-16(19)23-13-9-11(10-6-4-3-5-7-10)8-12(14(13)24-15)18(20,21)22;1-2-26-17(25)15-16(24)22-13-9-11(10-6-4-3-5-7-10)8-12(14(13)23-15)18(19,20)21;1-2-25-17(24)15-10-22-14-9-12(11-6-4-3-5-7-11)8-13(16(14)23-15)18(19,20)21;14-13(15,16)10-6-9(7-11(17)12(10)18)8-4-2-1-3-5-8;8-3-1-4(7(9,10)11)6(13)5(12)2-3;1-3-11-6(9)5(8)7(10)12-4-2/h1-11,13H,12H2,(H,28,30);3-9H,2H2,1H3;3-9H,2H2,1H3,(H,22,24);3-10H,2H2,1H3;1-7H,17-18H2;1-2H,12-13H2;3-4H2,1-2H3. The molecule has 0 atom stereocenters. The Bertz CT molecular complexity index is 7610. The molecule has 47 heteroatoms. The highest BCUT2D eigenvalue weighted by Crippen LogP contribution is 2.45. The zero-order valence-corrected chi connectivity index (χ0v) is 80.7. The second-order valence-electron chi connectivity index (χ2n) is 30.6. The van der Waals surface area contributed by atoms with Gasteiger partial charge in [0.25, 0.3) is 11.5 Å². The fourth-order valence-electron chi connectivity index (χ4n) is 13.5. The van der Waals surface area contributed by atoms with Crippen LogP contribution in [0.1, 0.15) is 116 Å². The highest BCUT2D eigenvalue weighted by molar-refractivity contribution is 9.10. The maximum atomic E-state index is 13.7. The number of hydrogen-bond donors (Lipinski definition) is 6. The number of nitrogens with one attached hydrogen (secondary N) is 2. The summed E-state index contributed by atoms with van der Waals surface area (Å²) in [6.07, 6.45) is -23.8. The van der Waals surface area contributed by atoms with Gasteiger partial charge in [0.05, 0.1) is 136 Å². The van der Waals surface area contributed by atoms with Crippen molar-refractivity contribution in [3.05, 3.63) is 343 Å². The van der Waals surface area contributed by atoms with Gasteiger partial charge in [-0.25, -0.2) is 48.9 Å². The Kier molecular flexibility index (Phi) is 38.6. The molecule has 0 unspecified atom stereocenters. The van der Waals surface area contributed by atoms with E-state index in [9.17, 15) is 117 Å². The second-order valence-corrected chi connectivity index (χ2v) is 31.9. The number of fused-ring (bicyclic) bond motifs is 4. The zero-order valence-electron chi connectivity index (χ0n) is 78.3. The number of alkyl halides is 18. The summed E-state index contributed by atoms with van der Waals surface area (Å²) < 4.78 is 261. The predicted octanol–water partition coefficient (Wildman–Crippen LogP) is 23.9. The first-order valence-corrected chi connectivity index (χ1v) is 45.0. The fourth-order valence-corrected chi connectivity index (χ4v) is 14.2. The van der Waals surface area contributed by atoms with E-state index >= 15 is 0 Å². The molecular formula is C103H80BrClF18N14O13. The number of carbonyl (C=O) groups is 7. The number of Topliss-reactive ketones (excluding diaryl/α,β-unsaturated/α-hetero) is 1.